The van der Waals surface area contributed by atoms with E-state index < -0.39 is 16.1 Å². The zero-order chi connectivity index (χ0) is 23.3. The highest BCUT2D eigenvalue weighted by molar-refractivity contribution is 7.89. The number of piperidine rings is 2. The van der Waals surface area contributed by atoms with Gasteiger partial charge in [-0.15, -0.1) is 0 Å². The lowest BCUT2D eigenvalue weighted by atomic mass is 9.97. The van der Waals surface area contributed by atoms with Gasteiger partial charge in [0.25, 0.3) is 0 Å². The number of likely N-dealkylation sites (tertiary alicyclic amines) is 1. The number of sulfonamides is 1. The van der Waals surface area contributed by atoms with Gasteiger partial charge in [-0.2, -0.15) is 4.31 Å². The van der Waals surface area contributed by atoms with E-state index in [9.17, 15) is 18.0 Å². The standard InChI is InChI=1S/C25H31N3O4S/c29-23-13-7-8-16-28(23)24(21-9-3-1-4-10-21)25(30)26-19-20-14-17-27(18-15-20)33(31,32)22-11-5-2-6-12-22/h1-6,9-12,20,24H,7-8,13-19H2,(H,26,30). The van der Waals surface area contributed by atoms with Crippen LogP contribution in [0.2, 0.25) is 0 Å². The third-order valence-corrected chi connectivity index (χ3v) is 8.47. The smallest absolute Gasteiger partial charge is 0.247 e. The zero-order valence-corrected chi connectivity index (χ0v) is 19.5. The minimum Gasteiger partial charge on any atom is -0.354 e. The number of hydrogen-bond donors (Lipinski definition) is 1. The molecule has 2 saturated heterocycles. The second-order valence-electron chi connectivity index (χ2n) is 8.76. The van der Waals surface area contributed by atoms with Crippen LogP contribution in [0.5, 0.6) is 0 Å². The van der Waals surface area contributed by atoms with Gasteiger partial charge in [-0.25, -0.2) is 8.42 Å². The van der Waals surface area contributed by atoms with Gasteiger partial charge < -0.3 is 10.2 Å². The third kappa shape index (κ3) is 5.45. The summed E-state index contributed by atoms with van der Waals surface area (Å²) in [4.78, 5) is 27.8. The molecule has 2 fully saturated rings. The van der Waals surface area contributed by atoms with Gasteiger partial charge in [0.15, 0.2) is 0 Å². The molecular weight excluding hydrogens is 438 g/mol. The summed E-state index contributed by atoms with van der Waals surface area (Å²) >= 11 is 0. The van der Waals surface area contributed by atoms with Crippen molar-refractivity contribution in [3.05, 3.63) is 66.2 Å². The molecule has 2 aliphatic rings. The van der Waals surface area contributed by atoms with Gasteiger partial charge in [0.1, 0.15) is 6.04 Å². The van der Waals surface area contributed by atoms with Crippen molar-refractivity contribution in [2.24, 2.45) is 5.92 Å². The van der Waals surface area contributed by atoms with E-state index >= 15 is 0 Å². The van der Waals surface area contributed by atoms with Crippen LogP contribution < -0.4 is 5.32 Å². The van der Waals surface area contributed by atoms with E-state index in [1.807, 2.05) is 30.3 Å². The maximum Gasteiger partial charge on any atom is 0.247 e. The first-order valence-corrected chi connectivity index (χ1v) is 13.1. The molecule has 33 heavy (non-hydrogen) atoms. The second-order valence-corrected chi connectivity index (χ2v) is 10.7. The quantitative estimate of drug-likeness (QED) is 0.676. The van der Waals surface area contributed by atoms with E-state index in [0.717, 1.165) is 18.4 Å². The number of amides is 2. The summed E-state index contributed by atoms with van der Waals surface area (Å²) in [6.45, 7) is 1.93. The molecule has 0 radical (unpaired) electrons. The number of rotatable bonds is 7. The van der Waals surface area contributed by atoms with Gasteiger partial charge in [0.05, 0.1) is 4.90 Å². The van der Waals surface area contributed by atoms with Crippen LogP contribution in [0.25, 0.3) is 0 Å². The van der Waals surface area contributed by atoms with Crippen LogP contribution in [0.15, 0.2) is 65.6 Å². The fraction of sp³-hybridized carbons (Fsp3) is 0.440. The molecule has 2 aromatic rings. The number of carbonyl (C=O) groups is 2. The first-order valence-electron chi connectivity index (χ1n) is 11.6. The number of nitrogens with zero attached hydrogens (tertiary/aromatic N) is 2. The van der Waals surface area contributed by atoms with Crippen LogP contribution in [0, 0.1) is 5.92 Å². The fourth-order valence-corrected chi connectivity index (χ4v) is 6.14. The number of carbonyl (C=O) groups excluding carboxylic acids is 2. The number of hydrogen-bond acceptors (Lipinski definition) is 4. The SMILES string of the molecule is O=C(NCC1CCN(S(=O)(=O)c2ccccc2)CC1)C(c1ccccc1)N1CCCCC1=O. The summed E-state index contributed by atoms with van der Waals surface area (Å²) in [5.41, 5.74) is 0.814. The average molecular weight is 470 g/mol. The molecule has 2 aromatic carbocycles. The Morgan fingerprint density at radius 2 is 1.58 bits per heavy atom. The molecule has 0 saturated carbocycles. The molecule has 0 aliphatic carbocycles. The third-order valence-electron chi connectivity index (χ3n) is 6.55. The molecule has 1 N–H and O–H groups in total. The van der Waals surface area contributed by atoms with Gasteiger partial charge in [0.2, 0.25) is 21.8 Å². The molecule has 176 valence electrons. The summed E-state index contributed by atoms with van der Waals surface area (Å²) in [7, 11) is -3.49. The van der Waals surface area contributed by atoms with Crippen molar-refractivity contribution in [3.8, 4) is 0 Å². The summed E-state index contributed by atoms with van der Waals surface area (Å²) in [5.74, 6) is 0.0464. The van der Waals surface area contributed by atoms with Crippen molar-refractivity contribution in [3.63, 3.8) is 0 Å². The highest BCUT2D eigenvalue weighted by atomic mass is 32.2. The van der Waals surface area contributed by atoms with E-state index in [4.69, 9.17) is 0 Å². The summed E-state index contributed by atoms with van der Waals surface area (Å²) in [6.07, 6.45) is 3.61. The van der Waals surface area contributed by atoms with E-state index in [1.165, 1.54) is 4.31 Å². The predicted octanol–water partition coefficient (Wildman–Crippen LogP) is 2.96. The Hall–Kier alpha value is -2.71. The Kier molecular flexibility index (Phi) is 7.45. The van der Waals surface area contributed by atoms with E-state index in [1.54, 1.807) is 35.2 Å². The van der Waals surface area contributed by atoms with Crippen molar-refractivity contribution in [2.45, 2.75) is 43.0 Å². The minimum atomic E-state index is -3.49. The Morgan fingerprint density at radius 1 is 0.939 bits per heavy atom. The Labute approximate surface area is 195 Å². The lowest BCUT2D eigenvalue weighted by molar-refractivity contribution is -0.142. The monoisotopic (exact) mass is 469 g/mol. The van der Waals surface area contributed by atoms with Crippen LogP contribution in [-0.2, 0) is 19.6 Å². The molecule has 0 spiro atoms. The van der Waals surface area contributed by atoms with E-state index in [-0.39, 0.29) is 17.7 Å². The summed E-state index contributed by atoms with van der Waals surface area (Å²) in [5, 5.41) is 3.05. The Balaban J connectivity index is 1.36. The summed E-state index contributed by atoms with van der Waals surface area (Å²) in [6, 6.07) is 17.3. The second kappa shape index (κ2) is 10.5. The molecular formula is C25H31N3O4S. The largest absolute Gasteiger partial charge is 0.354 e. The summed E-state index contributed by atoms with van der Waals surface area (Å²) < 4.78 is 27.2. The zero-order valence-electron chi connectivity index (χ0n) is 18.7. The Morgan fingerprint density at radius 3 is 2.21 bits per heavy atom. The predicted molar refractivity (Wildman–Crippen MR) is 126 cm³/mol. The molecule has 4 rings (SSSR count). The fourth-order valence-electron chi connectivity index (χ4n) is 4.64. The molecule has 2 heterocycles. The molecule has 1 atom stereocenters. The first kappa shape index (κ1) is 23.4. The molecule has 2 amide bonds. The van der Waals surface area contributed by atoms with Crippen LogP contribution >= 0.6 is 0 Å². The van der Waals surface area contributed by atoms with Gasteiger partial charge in [-0.05, 0) is 49.3 Å². The van der Waals surface area contributed by atoms with Crippen LogP contribution in [-0.4, -0.2) is 55.6 Å². The number of nitrogens with one attached hydrogen (secondary N) is 1. The molecule has 0 bridgehead atoms. The van der Waals surface area contributed by atoms with Crippen LogP contribution in [0.3, 0.4) is 0 Å². The molecule has 8 heteroatoms. The first-order chi connectivity index (χ1) is 16.0. The van der Waals surface area contributed by atoms with Crippen molar-refractivity contribution in [2.75, 3.05) is 26.2 Å². The topological polar surface area (TPSA) is 86.8 Å². The van der Waals surface area contributed by atoms with E-state index in [0.29, 0.717) is 50.3 Å². The Bertz CT molecular complexity index is 1050. The maximum absolute atomic E-state index is 13.2. The highest BCUT2D eigenvalue weighted by Crippen LogP contribution is 2.27. The normalized spacial score (nSPS) is 19.3. The molecule has 0 aromatic heterocycles. The van der Waals surface area contributed by atoms with Gasteiger partial charge in [-0.1, -0.05) is 48.5 Å². The maximum atomic E-state index is 13.2. The van der Waals surface area contributed by atoms with Crippen molar-refractivity contribution >= 4 is 21.8 Å². The van der Waals surface area contributed by atoms with Crippen molar-refractivity contribution < 1.29 is 18.0 Å². The van der Waals surface area contributed by atoms with Gasteiger partial charge in [-0.3, -0.25) is 9.59 Å². The number of benzene rings is 2. The van der Waals surface area contributed by atoms with Crippen molar-refractivity contribution in [1.29, 1.82) is 0 Å². The van der Waals surface area contributed by atoms with Crippen molar-refractivity contribution in [1.82, 2.24) is 14.5 Å². The molecule has 7 nitrogen and oxygen atoms in total. The minimum absolute atomic E-state index is 0.0182. The van der Waals surface area contributed by atoms with Crippen LogP contribution in [0.1, 0.15) is 43.7 Å². The van der Waals surface area contributed by atoms with Gasteiger partial charge in [0, 0.05) is 32.6 Å². The molecule has 2 aliphatic heterocycles. The van der Waals surface area contributed by atoms with Gasteiger partial charge >= 0.3 is 0 Å². The van der Waals surface area contributed by atoms with Crippen LogP contribution in [0.4, 0.5) is 0 Å². The lowest BCUT2D eigenvalue weighted by Gasteiger charge is -2.35. The highest BCUT2D eigenvalue weighted by Gasteiger charge is 2.34. The molecule has 1 unspecified atom stereocenters. The lowest BCUT2D eigenvalue weighted by Crippen LogP contribution is -2.47. The average Bonchev–Trinajstić information content (AvgIpc) is 2.85. The van der Waals surface area contributed by atoms with E-state index in [2.05, 4.69) is 5.32 Å².